The van der Waals surface area contributed by atoms with Gasteiger partial charge in [-0.3, -0.25) is 19.2 Å². The van der Waals surface area contributed by atoms with Crippen LogP contribution in [-0.2, 0) is 19.2 Å². The number of fused-ring (bicyclic) bond motifs is 6. The molecule has 11 nitrogen and oxygen atoms in total. The minimum absolute atomic E-state index is 0.0130. The number of alkyl halides is 3. The lowest BCUT2D eigenvalue weighted by Gasteiger charge is -2.39. The topological polar surface area (TPSA) is 145 Å². The molecule has 10 atom stereocenters. The Balaban J connectivity index is 1.21. The van der Waals surface area contributed by atoms with Crippen molar-refractivity contribution in [3.8, 4) is 11.8 Å². The van der Waals surface area contributed by atoms with Gasteiger partial charge in [-0.2, -0.15) is 5.26 Å². The van der Waals surface area contributed by atoms with Crippen LogP contribution >= 0.6 is 0 Å². The second-order valence-corrected chi connectivity index (χ2v) is 14.8. The highest BCUT2D eigenvalue weighted by atomic mass is 19.3. The fourth-order valence-corrected chi connectivity index (χ4v) is 8.50. The molecule has 2 N–H and O–H groups in total. The smallest absolute Gasteiger partial charge is 0.271 e. The Morgan fingerprint density at radius 3 is 2.57 bits per heavy atom. The minimum atomic E-state index is -3.15. The highest BCUT2D eigenvalue weighted by Gasteiger charge is 2.66. The molecule has 0 aromatic carbocycles. The number of amides is 4. The average Bonchev–Trinajstić information content (AvgIpc) is 3.43. The molecule has 2 bridgehead atoms. The minimum Gasteiger partial charge on any atom is -0.471 e. The van der Waals surface area contributed by atoms with Gasteiger partial charge in [0.15, 0.2) is 11.6 Å². The van der Waals surface area contributed by atoms with Crippen molar-refractivity contribution in [1.82, 2.24) is 20.1 Å². The number of rotatable bonds is 4. The Morgan fingerprint density at radius 2 is 1.91 bits per heavy atom. The van der Waals surface area contributed by atoms with E-state index < -0.39 is 101 Å². The molecular formula is C31H34F4N6O5. The molecule has 2 saturated heterocycles. The molecule has 46 heavy (non-hydrogen) atoms. The first-order valence-electron chi connectivity index (χ1n) is 15.5. The second kappa shape index (κ2) is 10.0. The monoisotopic (exact) mass is 646 g/mol. The fraction of sp³-hybridized carbons (Fsp3) is 0.677. The molecule has 3 aliphatic carbocycles. The van der Waals surface area contributed by atoms with Gasteiger partial charge in [0.05, 0.1) is 18.8 Å². The molecule has 15 heteroatoms. The maximum Gasteiger partial charge on any atom is 0.271 e. The van der Waals surface area contributed by atoms with Gasteiger partial charge in [0.1, 0.15) is 36.0 Å². The summed E-state index contributed by atoms with van der Waals surface area (Å²) in [6.07, 6.45) is -0.298. The third kappa shape index (κ3) is 4.61. The summed E-state index contributed by atoms with van der Waals surface area (Å²) in [5, 5.41) is 15.2. The lowest BCUT2D eigenvalue weighted by atomic mass is 9.77. The molecule has 1 aromatic heterocycles. The van der Waals surface area contributed by atoms with E-state index in [1.54, 1.807) is 20.8 Å². The van der Waals surface area contributed by atoms with Crippen molar-refractivity contribution < 1.29 is 41.5 Å². The fourth-order valence-electron chi connectivity index (χ4n) is 8.50. The van der Waals surface area contributed by atoms with Crippen LogP contribution in [0, 0.1) is 52.2 Å². The van der Waals surface area contributed by atoms with E-state index in [-0.39, 0.29) is 36.4 Å². The zero-order valence-corrected chi connectivity index (χ0v) is 25.4. The van der Waals surface area contributed by atoms with Crippen molar-refractivity contribution in [2.24, 2.45) is 35.0 Å². The van der Waals surface area contributed by atoms with Crippen LogP contribution in [0.4, 0.5) is 23.4 Å². The summed E-state index contributed by atoms with van der Waals surface area (Å²) in [5.74, 6) is -9.84. The summed E-state index contributed by atoms with van der Waals surface area (Å²) in [4.78, 5) is 61.3. The zero-order chi connectivity index (χ0) is 33.1. The third-order valence-electron chi connectivity index (χ3n) is 10.9. The van der Waals surface area contributed by atoms with Crippen molar-refractivity contribution in [3.05, 3.63) is 18.1 Å². The third-order valence-corrected chi connectivity index (χ3v) is 10.9. The average molecular weight is 647 g/mol. The van der Waals surface area contributed by atoms with Gasteiger partial charge >= 0.3 is 0 Å². The zero-order valence-electron chi connectivity index (χ0n) is 25.4. The summed E-state index contributed by atoms with van der Waals surface area (Å²) in [6.45, 7) is 4.70. The van der Waals surface area contributed by atoms with Crippen molar-refractivity contribution in [3.63, 3.8) is 0 Å². The van der Waals surface area contributed by atoms with Gasteiger partial charge in [0.25, 0.3) is 11.8 Å². The number of hydrogen-bond donors (Lipinski definition) is 2. The molecule has 0 radical (unpaired) electrons. The van der Waals surface area contributed by atoms with Crippen molar-refractivity contribution >= 4 is 29.4 Å². The van der Waals surface area contributed by atoms with Gasteiger partial charge in [0, 0.05) is 25.5 Å². The summed E-state index contributed by atoms with van der Waals surface area (Å²) in [7, 11) is 0. The number of nitrogens with one attached hydrogen (secondary N) is 2. The van der Waals surface area contributed by atoms with Gasteiger partial charge in [-0.15, -0.1) is 0 Å². The SMILES string of the molecule is CC(C)(C)C(NC(=O)C1CC1(F)F)C(=O)N1CC2C3CC(F)C(C3)C2C1C(=O)N1CC2(CC1C#N)Oc1cc(F)cnc1NC2=O. The van der Waals surface area contributed by atoms with Crippen LogP contribution in [0.25, 0.3) is 0 Å². The number of nitriles is 1. The normalized spacial score (nSPS) is 37.2. The van der Waals surface area contributed by atoms with Crippen LogP contribution in [-0.4, -0.2) is 87.3 Å². The maximum atomic E-state index is 15.2. The standard InChI is InChI=1S/C31H34F4N6O5/c1-29(2,3)23(38-25(42)18-8-31(18,34)35)27(44)40-11-17-13-4-16(19(33)5-13)21(17)22(40)26(43)41-12-30(7-15(41)9-36)28(45)39-24-20(46-30)6-14(32)10-37-24/h6,10,13,15-19,21-23H,4-5,7-8,11-12H2,1-3H3,(H,38,42)(H,37,39,45). The molecule has 5 fully saturated rings. The number of pyridine rings is 1. The Morgan fingerprint density at radius 1 is 1.20 bits per heavy atom. The molecule has 4 heterocycles. The van der Waals surface area contributed by atoms with Crippen LogP contribution in [0.15, 0.2) is 12.3 Å². The van der Waals surface area contributed by atoms with Gasteiger partial charge in [-0.05, 0) is 41.9 Å². The number of carbonyl (C=O) groups excluding carboxylic acids is 4. The van der Waals surface area contributed by atoms with E-state index in [4.69, 9.17) is 4.74 Å². The predicted molar refractivity (Wildman–Crippen MR) is 150 cm³/mol. The molecule has 4 amide bonds. The number of nitrogens with zero attached hydrogens (tertiary/aromatic N) is 4. The summed E-state index contributed by atoms with van der Waals surface area (Å²) >= 11 is 0. The Hall–Kier alpha value is -3.96. The number of likely N-dealkylation sites (tertiary alicyclic amines) is 2. The number of anilines is 1. The second-order valence-electron chi connectivity index (χ2n) is 14.8. The van der Waals surface area contributed by atoms with Gasteiger partial charge < -0.3 is 25.2 Å². The van der Waals surface area contributed by atoms with Crippen LogP contribution in [0.2, 0.25) is 0 Å². The quantitative estimate of drug-likeness (QED) is 0.478. The molecule has 3 aliphatic heterocycles. The molecule has 10 unspecified atom stereocenters. The highest BCUT2D eigenvalue weighted by molar-refractivity contribution is 6.01. The first-order valence-corrected chi connectivity index (χ1v) is 15.5. The number of ether oxygens (including phenoxy) is 1. The lowest BCUT2D eigenvalue weighted by Crippen LogP contribution is -2.60. The Kier molecular flexibility index (Phi) is 6.68. The maximum absolute atomic E-state index is 15.2. The van der Waals surface area contributed by atoms with E-state index in [1.807, 2.05) is 6.07 Å². The highest BCUT2D eigenvalue weighted by Crippen LogP contribution is 2.59. The summed E-state index contributed by atoms with van der Waals surface area (Å²) in [6, 6.07) is -0.591. The summed E-state index contributed by atoms with van der Waals surface area (Å²) < 4.78 is 62.6. The molecular weight excluding hydrogens is 612 g/mol. The largest absolute Gasteiger partial charge is 0.471 e. The van der Waals surface area contributed by atoms with Gasteiger partial charge in [-0.1, -0.05) is 20.8 Å². The van der Waals surface area contributed by atoms with Crippen molar-refractivity contribution in [2.75, 3.05) is 18.4 Å². The van der Waals surface area contributed by atoms with Crippen LogP contribution < -0.4 is 15.4 Å². The van der Waals surface area contributed by atoms with Crippen molar-refractivity contribution in [2.45, 2.75) is 82.3 Å². The number of aromatic nitrogens is 1. The lowest BCUT2D eigenvalue weighted by molar-refractivity contribution is -0.150. The van der Waals surface area contributed by atoms with E-state index in [0.717, 1.165) is 12.3 Å². The van der Waals surface area contributed by atoms with Gasteiger partial charge in [0.2, 0.25) is 23.3 Å². The number of hydrogen-bond acceptors (Lipinski definition) is 7. The van der Waals surface area contributed by atoms with Crippen LogP contribution in [0.3, 0.4) is 0 Å². The van der Waals surface area contributed by atoms with E-state index in [9.17, 15) is 37.6 Å². The molecule has 1 aromatic rings. The molecule has 7 rings (SSSR count). The summed E-state index contributed by atoms with van der Waals surface area (Å²) in [5.41, 5.74) is -2.69. The van der Waals surface area contributed by atoms with Gasteiger partial charge in [-0.25, -0.2) is 22.5 Å². The van der Waals surface area contributed by atoms with E-state index in [0.29, 0.717) is 12.8 Å². The van der Waals surface area contributed by atoms with E-state index >= 15 is 4.39 Å². The Labute approximate surface area is 262 Å². The first kappa shape index (κ1) is 30.7. The molecule has 246 valence electrons. The molecule has 6 aliphatic rings. The molecule has 3 saturated carbocycles. The molecule has 1 spiro atoms. The van der Waals surface area contributed by atoms with Crippen LogP contribution in [0.5, 0.6) is 5.75 Å². The Bertz CT molecular complexity index is 1580. The van der Waals surface area contributed by atoms with E-state index in [2.05, 4.69) is 15.6 Å². The number of halogens is 4. The number of carbonyl (C=O) groups is 4. The van der Waals surface area contributed by atoms with E-state index in [1.165, 1.54) is 9.80 Å². The first-order chi connectivity index (χ1) is 21.5. The van der Waals surface area contributed by atoms with Crippen LogP contribution in [0.1, 0.15) is 46.5 Å². The predicted octanol–water partition coefficient (Wildman–Crippen LogP) is 2.42. The van der Waals surface area contributed by atoms with Crippen molar-refractivity contribution in [1.29, 1.82) is 5.26 Å².